The Morgan fingerprint density at radius 1 is 1.63 bits per heavy atom. The van der Waals surface area contributed by atoms with E-state index in [0.29, 0.717) is 12.1 Å². The van der Waals surface area contributed by atoms with E-state index < -0.39 is 0 Å². The summed E-state index contributed by atoms with van der Waals surface area (Å²) in [5.74, 6) is -0.0387. The van der Waals surface area contributed by atoms with Crippen molar-refractivity contribution in [3.8, 4) is 0 Å². The number of hydrogen-bond acceptors (Lipinski definition) is 4. The SMILES string of the molecule is CCCNc1ccncc1C(=O)N1CCCC1CO. The molecule has 0 spiro atoms. The molecule has 1 amide bonds. The molecular formula is C14H21N3O2. The number of carbonyl (C=O) groups excluding carboxylic acids is 1. The molecule has 5 nitrogen and oxygen atoms in total. The van der Waals surface area contributed by atoms with Gasteiger partial charge in [-0.25, -0.2) is 0 Å². The lowest BCUT2D eigenvalue weighted by Crippen LogP contribution is -2.38. The summed E-state index contributed by atoms with van der Waals surface area (Å²) in [5.41, 5.74) is 1.42. The number of aromatic nitrogens is 1. The van der Waals surface area contributed by atoms with Crippen molar-refractivity contribution in [2.24, 2.45) is 0 Å². The minimum absolute atomic E-state index is 0.0315. The predicted molar refractivity (Wildman–Crippen MR) is 74.2 cm³/mol. The highest BCUT2D eigenvalue weighted by Gasteiger charge is 2.29. The second-order valence-corrected chi connectivity index (χ2v) is 4.83. The van der Waals surface area contributed by atoms with Gasteiger partial charge in [0, 0.05) is 25.5 Å². The number of nitrogens with zero attached hydrogens (tertiary/aromatic N) is 2. The Labute approximate surface area is 113 Å². The van der Waals surface area contributed by atoms with Gasteiger partial charge in [0.05, 0.1) is 23.9 Å². The first-order valence-corrected chi connectivity index (χ1v) is 6.87. The quantitative estimate of drug-likeness (QED) is 0.845. The molecule has 0 bridgehead atoms. The molecule has 104 valence electrons. The normalized spacial score (nSPS) is 18.6. The van der Waals surface area contributed by atoms with Gasteiger partial charge in [0.25, 0.3) is 5.91 Å². The van der Waals surface area contributed by atoms with Crippen molar-refractivity contribution in [2.75, 3.05) is 25.0 Å². The molecule has 0 saturated carbocycles. The molecule has 0 aromatic carbocycles. The van der Waals surface area contributed by atoms with Crippen LogP contribution in [0.15, 0.2) is 18.5 Å². The third-order valence-electron chi connectivity index (χ3n) is 3.47. The fraction of sp³-hybridized carbons (Fsp3) is 0.571. The fourth-order valence-corrected chi connectivity index (χ4v) is 2.43. The summed E-state index contributed by atoms with van der Waals surface area (Å²) in [6.07, 6.45) is 6.11. The monoisotopic (exact) mass is 263 g/mol. The lowest BCUT2D eigenvalue weighted by molar-refractivity contribution is 0.0678. The molecule has 1 saturated heterocycles. The zero-order valence-corrected chi connectivity index (χ0v) is 11.3. The van der Waals surface area contributed by atoms with Gasteiger partial charge >= 0.3 is 0 Å². The molecule has 1 fully saturated rings. The zero-order valence-electron chi connectivity index (χ0n) is 11.3. The number of aliphatic hydroxyl groups excluding tert-OH is 1. The minimum atomic E-state index is -0.0493. The molecule has 2 N–H and O–H groups in total. The van der Waals surface area contributed by atoms with Crippen LogP contribution in [0.25, 0.3) is 0 Å². The van der Waals surface area contributed by atoms with E-state index in [9.17, 15) is 9.90 Å². The Bertz CT molecular complexity index is 436. The van der Waals surface area contributed by atoms with Gasteiger partial charge in [-0.1, -0.05) is 6.92 Å². The average molecular weight is 263 g/mol. The molecule has 0 radical (unpaired) electrons. The van der Waals surface area contributed by atoms with Crippen LogP contribution in [-0.4, -0.2) is 46.6 Å². The van der Waals surface area contributed by atoms with Crippen molar-refractivity contribution in [2.45, 2.75) is 32.2 Å². The fourth-order valence-electron chi connectivity index (χ4n) is 2.43. The summed E-state index contributed by atoms with van der Waals surface area (Å²) in [6.45, 7) is 3.65. The van der Waals surface area contributed by atoms with Gasteiger partial charge in [-0.3, -0.25) is 9.78 Å². The molecule has 1 aliphatic heterocycles. The topological polar surface area (TPSA) is 65.5 Å². The van der Waals surface area contributed by atoms with Crippen LogP contribution in [-0.2, 0) is 0 Å². The van der Waals surface area contributed by atoms with E-state index in [0.717, 1.165) is 31.5 Å². The van der Waals surface area contributed by atoms with E-state index >= 15 is 0 Å². The van der Waals surface area contributed by atoms with Gasteiger partial charge in [-0.2, -0.15) is 0 Å². The summed E-state index contributed by atoms with van der Waals surface area (Å²) in [7, 11) is 0. The maximum atomic E-state index is 12.5. The Balaban J connectivity index is 2.18. The summed E-state index contributed by atoms with van der Waals surface area (Å²) >= 11 is 0. The number of likely N-dealkylation sites (tertiary alicyclic amines) is 1. The lowest BCUT2D eigenvalue weighted by atomic mass is 10.1. The highest BCUT2D eigenvalue weighted by molar-refractivity contribution is 5.99. The predicted octanol–water partition coefficient (Wildman–Crippen LogP) is 1.50. The number of aliphatic hydroxyl groups is 1. The van der Waals surface area contributed by atoms with Crippen molar-refractivity contribution in [1.82, 2.24) is 9.88 Å². The smallest absolute Gasteiger partial charge is 0.257 e. The Kier molecular flexibility index (Phi) is 4.74. The Morgan fingerprint density at radius 2 is 2.47 bits per heavy atom. The van der Waals surface area contributed by atoms with Gasteiger partial charge in [0.15, 0.2) is 0 Å². The molecule has 1 aromatic rings. The highest BCUT2D eigenvalue weighted by Crippen LogP contribution is 2.23. The average Bonchev–Trinajstić information content (AvgIpc) is 2.93. The Hall–Kier alpha value is -1.62. The van der Waals surface area contributed by atoms with Crippen molar-refractivity contribution in [3.63, 3.8) is 0 Å². The summed E-state index contributed by atoms with van der Waals surface area (Å²) < 4.78 is 0. The van der Waals surface area contributed by atoms with Crippen molar-refractivity contribution < 1.29 is 9.90 Å². The summed E-state index contributed by atoms with van der Waals surface area (Å²) in [4.78, 5) is 18.3. The molecule has 0 aliphatic carbocycles. The maximum Gasteiger partial charge on any atom is 0.257 e. The van der Waals surface area contributed by atoms with Crippen LogP contribution in [0.4, 0.5) is 5.69 Å². The first-order valence-electron chi connectivity index (χ1n) is 6.87. The number of rotatable bonds is 5. The molecule has 1 aliphatic rings. The molecule has 1 unspecified atom stereocenters. The van der Waals surface area contributed by atoms with Crippen molar-refractivity contribution >= 4 is 11.6 Å². The highest BCUT2D eigenvalue weighted by atomic mass is 16.3. The summed E-state index contributed by atoms with van der Waals surface area (Å²) in [6, 6.07) is 1.78. The van der Waals surface area contributed by atoms with Crippen LogP contribution >= 0.6 is 0 Å². The van der Waals surface area contributed by atoms with E-state index in [4.69, 9.17) is 0 Å². The second-order valence-electron chi connectivity index (χ2n) is 4.83. The van der Waals surface area contributed by atoms with Crippen molar-refractivity contribution in [1.29, 1.82) is 0 Å². The van der Waals surface area contributed by atoms with E-state index in [1.54, 1.807) is 17.3 Å². The van der Waals surface area contributed by atoms with Crippen LogP contribution in [0.3, 0.4) is 0 Å². The molecule has 19 heavy (non-hydrogen) atoms. The van der Waals surface area contributed by atoms with Crippen molar-refractivity contribution in [3.05, 3.63) is 24.0 Å². The van der Waals surface area contributed by atoms with Crippen LogP contribution in [0.2, 0.25) is 0 Å². The third-order valence-corrected chi connectivity index (χ3v) is 3.47. The van der Waals surface area contributed by atoms with Gasteiger partial charge < -0.3 is 15.3 Å². The van der Waals surface area contributed by atoms with E-state index in [2.05, 4.69) is 17.2 Å². The van der Waals surface area contributed by atoms with Crippen LogP contribution in [0.1, 0.15) is 36.5 Å². The molecule has 2 heterocycles. The number of carbonyl (C=O) groups is 1. The largest absolute Gasteiger partial charge is 0.394 e. The Morgan fingerprint density at radius 3 is 3.21 bits per heavy atom. The maximum absolute atomic E-state index is 12.5. The first kappa shape index (κ1) is 13.8. The molecular weight excluding hydrogens is 242 g/mol. The van der Waals surface area contributed by atoms with Gasteiger partial charge in [-0.05, 0) is 25.3 Å². The van der Waals surface area contributed by atoms with Crippen LogP contribution < -0.4 is 5.32 Å². The molecule has 5 heteroatoms. The molecule has 2 rings (SSSR count). The first-order chi connectivity index (χ1) is 9.27. The van der Waals surface area contributed by atoms with Crippen LogP contribution in [0.5, 0.6) is 0 Å². The third kappa shape index (κ3) is 3.04. The molecule has 1 atom stereocenters. The number of pyridine rings is 1. The van der Waals surface area contributed by atoms with Crippen LogP contribution in [0, 0.1) is 0 Å². The zero-order chi connectivity index (χ0) is 13.7. The molecule has 1 aromatic heterocycles. The van der Waals surface area contributed by atoms with E-state index in [-0.39, 0.29) is 18.6 Å². The minimum Gasteiger partial charge on any atom is -0.394 e. The number of anilines is 1. The van der Waals surface area contributed by atoms with E-state index in [1.807, 2.05) is 6.07 Å². The van der Waals surface area contributed by atoms with E-state index in [1.165, 1.54) is 0 Å². The number of hydrogen-bond donors (Lipinski definition) is 2. The van der Waals surface area contributed by atoms with Gasteiger partial charge in [-0.15, -0.1) is 0 Å². The van der Waals surface area contributed by atoms with Gasteiger partial charge in [0.1, 0.15) is 0 Å². The second kappa shape index (κ2) is 6.52. The van der Waals surface area contributed by atoms with Gasteiger partial charge in [0.2, 0.25) is 0 Å². The number of nitrogens with one attached hydrogen (secondary N) is 1. The lowest BCUT2D eigenvalue weighted by Gasteiger charge is -2.24. The summed E-state index contributed by atoms with van der Waals surface area (Å²) in [5, 5.41) is 12.6. The number of amides is 1. The standard InChI is InChI=1S/C14H21N3O2/c1-2-6-16-13-5-7-15-9-12(13)14(19)17-8-3-4-11(17)10-18/h5,7,9,11,18H,2-4,6,8,10H2,1H3,(H,15,16).